The van der Waals surface area contributed by atoms with Crippen molar-refractivity contribution >= 4 is 18.4 Å². The highest BCUT2D eigenvalue weighted by atomic mass is 35.5. The number of rotatable bonds is 3. The van der Waals surface area contributed by atoms with Crippen molar-refractivity contribution in [2.75, 3.05) is 0 Å². The third-order valence-electron chi connectivity index (χ3n) is 1.01. The van der Waals surface area contributed by atoms with Gasteiger partial charge in [-0.25, -0.2) is 4.79 Å². The average Bonchev–Trinajstić information content (AvgIpc) is 1.83. The van der Waals surface area contributed by atoms with E-state index in [1.165, 1.54) is 0 Å². The second-order valence-electron chi connectivity index (χ2n) is 2.38. The van der Waals surface area contributed by atoms with E-state index in [0.717, 1.165) is 0 Å². The summed E-state index contributed by atoms with van der Waals surface area (Å²) < 4.78 is 11.0. The first kappa shape index (κ1) is 12.4. The molecule has 2 nitrogen and oxygen atoms in total. The van der Waals surface area contributed by atoms with Crippen molar-refractivity contribution in [2.24, 2.45) is 5.92 Å². The molecular formula is C6H12ClFO2. The molecule has 0 atom stereocenters. The molecule has 0 aromatic heterocycles. The van der Waals surface area contributed by atoms with Crippen LogP contribution in [-0.4, -0.2) is 5.97 Å². The van der Waals surface area contributed by atoms with Crippen molar-refractivity contribution in [1.29, 1.82) is 0 Å². The molecule has 0 aromatic rings. The third kappa shape index (κ3) is 7.69. The zero-order valence-corrected chi connectivity index (χ0v) is 6.91. The van der Waals surface area contributed by atoms with Crippen LogP contribution in [0.1, 0.15) is 26.7 Å². The lowest BCUT2D eigenvalue weighted by Gasteiger charge is -1.98. The fourth-order valence-corrected chi connectivity index (χ4v) is 0.445. The normalized spacial score (nSPS) is 8.80. The number of carbonyl (C=O) groups is 1. The smallest absolute Gasteiger partial charge is 0.255 e. The highest BCUT2D eigenvalue weighted by Crippen LogP contribution is 2.03. The molecule has 0 bridgehead atoms. The molecule has 0 aromatic carbocycles. The number of carbonyl (C=O) groups excluding carboxylic acids is 1. The van der Waals surface area contributed by atoms with Crippen LogP contribution in [0.2, 0.25) is 0 Å². The second kappa shape index (κ2) is 6.81. The standard InChI is InChI=1S/C6H11FO2.ClH/c1-5(2)3-4-6(8)9-7;/h5H,3-4H2,1-2H3;1H. The Morgan fingerprint density at radius 2 is 2.10 bits per heavy atom. The summed E-state index contributed by atoms with van der Waals surface area (Å²) in [5, 5.41) is 0. The lowest BCUT2D eigenvalue weighted by molar-refractivity contribution is -0.183. The minimum absolute atomic E-state index is 0. The van der Waals surface area contributed by atoms with Crippen LogP contribution in [0, 0.1) is 5.92 Å². The zero-order valence-electron chi connectivity index (χ0n) is 6.09. The molecule has 62 valence electrons. The summed E-state index contributed by atoms with van der Waals surface area (Å²) in [5.41, 5.74) is 0. The van der Waals surface area contributed by atoms with Gasteiger partial charge in [0.15, 0.2) is 0 Å². The molecule has 0 aliphatic heterocycles. The van der Waals surface area contributed by atoms with Crippen LogP contribution in [-0.2, 0) is 9.74 Å². The van der Waals surface area contributed by atoms with Gasteiger partial charge in [-0.1, -0.05) is 13.8 Å². The Morgan fingerprint density at radius 1 is 1.60 bits per heavy atom. The topological polar surface area (TPSA) is 26.3 Å². The van der Waals surface area contributed by atoms with Crippen molar-refractivity contribution in [1.82, 2.24) is 0 Å². The fourth-order valence-electron chi connectivity index (χ4n) is 0.445. The fraction of sp³-hybridized carbons (Fsp3) is 0.833. The summed E-state index contributed by atoms with van der Waals surface area (Å²) in [7, 11) is 0. The van der Waals surface area contributed by atoms with Gasteiger partial charge in [0.2, 0.25) is 0 Å². The van der Waals surface area contributed by atoms with Gasteiger partial charge in [0, 0.05) is 10.9 Å². The maximum atomic E-state index is 11.0. The number of halogens is 2. The molecule has 0 saturated carbocycles. The van der Waals surface area contributed by atoms with Crippen LogP contribution in [0.25, 0.3) is 0 Å². The van der Waals surface area contributed by atoms with E-state index in [1.54, 1.807) is 0 Å². The Kier molecular flexibility index (Phi) is 8.42. The lowest BCUT2D eigenvalue weighted by Crippen LogP contribution is -1.99. The molecule has 0 aliphatic rings. The molecule has 0 heterocycles. The maximum absolute atomic E-state index is 11.0. The van der Waals surface area contributed by atoms with Crippen LogP contribution in [0.15, 0.2) is 0 Å². The van der Waals surface area contributed by atoms with Gasteiger partial charge in [-0.2, -0.15) is 0 Å². The monoisotopic (exact) mass is 170 g/mol. The summed E-state index contributed by atoms with van der Waals surface area (Å²) in [6.07, 6.45) is 0.858. The highest BCUT2D eigenvalue weighted by molar-refractivity contribution is 5.85. The lowest BCUT2D eigenvalue weighted by atomic mass is 10.1. The van der Waals surface area contributed by atoms with Crippen LogP contribution >= 0.6 is 12.4 Å². The third-order valence-corrected chi connectivity index (χ3v) is 1.01. The van der Waals surface area contributed by atoms with Gasteiger partial charge >= 0.3 is 5.97 Å². The second-order valence-corrected chi connectivity index (χ2v) is 2.38. The molecular weight excluding hydrogens is 159 g/mol. The summed E-state index contributed by atoms with van der Waals surface area (Å²) in [5.74, 6) is -0.354. The molecule has 10 heavy (non-hydrogen) atoms. The van der Waals surface area contributed by atoms with E-state index in [1.807, 2.05) is 13.8 Å². The van der Waals surface area contributed by atoms with Gasteiger partial charge in [-0.15, -0.1) is 12.4 Å². The largest absolute Gasteiger partial charge is 0.348 e. The predicted molar refractivity (Wildman–Crippen MR) is 38.5 cm³/mol. The van der Waals surface area contributed by atoms with Crippen molar-refractivity contribution in [3.8, 4) is 0 Å². The Hall–Kier alpha value is -0.310. The van der Waals surface area contributed by atoms with E-state index < -0.39 is 5.97 Å². The molecule has 0 amide bonds. The van der Waals surface area contributed by atoms with Gasteiger partial charge in [-0.05, 0) is 12.3 Å². The molecule has 0 spiro atoms. The maximum Gasteiger partial charge on any atom is 0.348 e. The summed E-state index contributed by atoms with van der Waals surface area (Å²) in [6, 6.07) is 0. The summed E-state index contributed by atoms with van der Waals surface area (Å²) in [6.45, 7) is 3.93. The van der Waals surface area contributed by atoms with Gasteiger partial charge in [-0.3, -0.25) is 4.94 Å². The molecule has 0 N–H and O–H groups in total. The Balaban J connectivity index is 0. The van der Waals surface area contributed by atoms with Crippen molar-refractivity contribution in [2.45, 2.75) is 26.7 Å². The predicted octanol–water partition coefficient (Wildman–Crippen LogP) is 2.27. The van der Waals surface area contributed by atoms with Crippen LogP contribution in [0.4, 0.5) is 4.53 Å². The van der Waals surface area contributed by atoms with Crippen LogP contribution < -0.4 is 0 Å². The van der Waals surface area contributed by atoms with Crippen LogP contribution in [0.5, 0.6) is 0 Å². The molecule has 0 aliphatic carbocycles. The first-order chi connectivity index (χ1) is 4.16. The first-order valence-corrected chi connectivity index (χ1v) is 2.98. The van der Waals surface area contributed by atoms with Gasteiger partial charge < -0.3 is 0 Å². The first-order valence-electron chi connectivity index (χ1n) is 2.98. The SMILES string of the molecule is CC(C)CCC(=O)OF.Cl. The Bertz CT molecular complexity index is 95.7. The molecule has 4 heteroatoms. The zero-order chi connectivity index (χ0) is 7.28. The van der Waals surface area contributed by atoms with E-state index in [0.29, 0.717) is 12.3 Å². The Labute approximate surface area is 66.1 Å². The average molecular weight is 171 g/mol. The minimum Gasteiger partial charge on any atom is -0.255 e. The number of hydrogen-bond acceptors (Lipinski definition) is 2. The Morgan fingerprint density at radius 3 is 2.40 bits per heavy atom. The van der Waals surface area contributed by atoms with Gasteiger partial charge in [0.25, 0.3) is 0 Å². The van der Waals surface area contributed by atoms with E-state index in [-0.39, 0.29) is 18.8 Å². The summed E-state index contributed by atoms with van der Waals surface area (Å²) >= 11 is 0. The van der Waals surface area contributed by atoms with Crippen molar-refractivity contribution < 1.29 is 14.3 Å². The van der Waals surface area contributed by atoms with E-state index in [2.05, 4.69) is 4.94 Å². The quantitative estimate of drug-likeness (QED) is 0.650. The number of hydrogen-bond donors (Lipinski definition) is 0. The molecule has 0 saturated heterocycles. The van der Waals surface area contributed by atoms with Crippen molar-refractivity contribution in [3.63, 3.8) is 0 Å². The molecule has 0 fully saturated rings. The van der Waals surface area contributed by atoms with E-state index >= 15 is 0 Å². The summed E-state index contributed by atoms with van der Waals surface area (Å²) in [4.78, 5) is 13.1. The highest BCUT2D eigenvalue weighted by Gasteiger charge is 2.03. The minimum atomic E-state index is -0.774. The molecule has 0 unspecified atom stereocenters. The van der Waals surface area contributed by atoms with Gasteiger partial charge in [0.1, 0.15) is 0 Å². The van der Waals surface area contributed by atoms with Gasteiger partial charge in [0.05, 0.1) is 0 Å². The molecule has 0 rings (SSSR count). The van der Waals surface area contributed by atoms with Crippen molar-refractivity contribution in [3.05, 3.63) is 0 Å². The van der Waals surface area contributed by atoms with Crippen LogP contribution in [0.3, 0.4) is 0 Å². The van der Waals surface area contributed by atoms with E-state index in [4.69, 9.17) is 0 Å². The molecule has 0 radical (unpaired) electrons. The van der Waals surface area contributed by atoms with E-state index in [9.17, 15) is 9.32 Å².